The minimum absolute atomic E-state index is 0.0807. The Balaban J connectivity index is 1.90. The van der Waals surface area contributed by atoms with E-state index in [0.29, 0.717) is 11.4 Å². The number of fused-ring (bicyclic) bond motifs is 1. The van der Waals surface area contributed by atoms with Gasteiger partial charge in [0.05, 0.1) is 5.69 Å². The first kappa shape index (κ1) is 10.9. The highest BCUT2D eigenvalue weighted by Crippen LogP contribution is 2.37. The Morgan fingerprint density at radius 2 is 2.18 bits per heavy atom. The monoisotopic (exact) mass is 254 g/mol. The Morgan fingerprint density at radius 3 is 2.88 bits per heavy atom. The Labute approximate surface area is 100 Å². The van der Waals surface area contributed by atoms with Crippen molar-refractivity contribution in [2.45, 2.75) is 24.8 Å². The molecule has 0 spiro atoms. The molecule has 0 aromatic heterocycles. The second kappa shape index (κ2) is 3.36. The molecule has 0 unspecified atom stereocenters. The quantitative estimate of drug-likeness (QED) is 0.818. The summed E-state index contributed by atoms with van der Waals surface area (Å²) in [6.45, 7) is 0. The lowest BCUT2D eigenvalue weighted by atomic mass is 10.0. The van der Waals surface area contributed by atoms with Crippen LogP contribution in [0.25, 0.3) is 0 Å². The van der Waals surface area contributed by atoms with E-state index in [1.807, 2.05) is 6.07 Å². The van der Waals surface area contributed by atoms with Gasteiger partial charge in [-0.3, -0.25) is 4.72 Å². The molecule has 1 aliphatic carbocycles. The number of sulfonamides is 1. The zero-order chi connectivity index (χ0) is 12.1. The summed E-state index contributed by atoms with van der Waals surface area (Å²) in [7, 11) is -3.34. The molecule has 6 heteroatoms. The van der Waals surface area contributed by atoms with Crippen molar-refractivity contribution in [3.8, 4) is 5.75 Å². The number of nitrogens with one attached hydrogen (secondary N) is 1. The molecule has 1 aliphatic heterocycles. The minimum atomic E-state index is -3.34. The lowest BCUT2D eigenvalue weighted by Gasteiger charge is -2.20. The first-order valence-corrected chi connectivity index (χ1v) is 7.16. The standard InChI is InChI=1S/C11H14N2O3S/c12-11(3-4-11)6-8-1-2-10-9(5-8)13-17(14,15)7-16-10/h1-2,5,13H,3-4,6-7,12H2. The van der Waals surface area contributed by atoms with Gasteiger partial charge in [-0.05, 0) is 37.0 Å². The average Bonchev–Trinajstić information content (AvgIpc) is 2.94. The Bertz CT molecular complexity index is 564. The summed E-state index contributed by atoms with van der Waals surface area (Å²) in [5.74, 6) is 0.255. The van der Waals surface area contributed by atoms with E-state index in [1.54, 1.807) is 12.1 Å². The van der Waals surface area contributed by atoms with Crippen molar-refractivity contribution < 1.29 is 13.2 Å². The van der Waals surface area contributed by atoms with E-state index in [9.17, 15) is 8.42 Å². The van der Waals surface area contributed by atoms with Crippen LogP contribution < -0.4 is 15.2 Å². The van der Waals surface area contributed by atoms with Gasteiger partial charge in [0, 0.05) is 5.54 Å². The molecule has 2 aliphatic rings. The first-order chi connectivity index (χ1) is 7.96. The molecular formula is C11H14N2O3S. The molecule has 1 fully saturated rings. The fourth-order valence-corrected chi connectivity index (χ4v) is 2.81. The van der Waals surface area contributed by atoms with Gasteiger partial charge >= 0.3 is 0 Å². The van der Waals surface area contributed by atoms with E-state index in [2.05, 4.69) is 4.72 Å². The van der Waals surface area contributed by atoms with Crippen molar-refractivity contribution in [3.05, 3.63) is 23.8 Å². The molecule has 0 atom stereocenters. The van der Waals surface area contributed by atoms with Gasteiger partial charge in [0.25, 0.3) is 10.0 Å². The summed E-state index contributed by atoms with van der Waals surface area (Å²) in [5.41, 5.74) is 7.51. The van der Waals surface area contributed by atoms with E-state index < -0.39 is 10.0 Å². The summed E-state index contributed by atoms with van der Waals surface area (Å²) in [6.07, 6.45) is 2.85. The largest absolute Gasteiger partial charge is 0.474 e. The lowest BCUT2D eigenvalue weighted by Crippen LogP contribution is -2.27. The van der Waals surface area contributed by atoms with Gasteiger partial charge in [-0.15, -0.1) is 0 Å². The number of rotatable bonds is 2. The second-order valence-electron chi connectivity index (χ2n) is 4.85. The van der Waals surface area contributed by atoms with Crippen LogP contribution in [-0.4, -0.2) is 19.9 Å². The average molecular weight is 254 g/mol. The van der Waals surface area contributed by atoms with Crippen LogP contribution in [0, 0.1) is 0 Å². The number of nitrogens with two attached hydrogens (primary N) is 1. The third-order valence-electron chi connectivity index (χ3n) is 3.13. The molecule has 0 bridgehead atoms. The van der Waals surface area contributed by atoms with Crippen LogP contribution in [0.15, 0.2) is 18.2 Å². The zero-order valence-electron chi connectivity index (χ0n) is 9.27. The molecule has 1 aromatic rings. The van der Waals surface area contributed by atoms with E-state index in [-0.39, 0.29) is 11.5 Å². The van der Waals surface area contributed by atoms with Crippen molar-refractivity contribution in [2.75, 3.05) is 10.7 Å². The third kappa shape index (κ3) is 2.23. The number of anilines is 1. The summed E-state index contributed by atoms with van der Waals surface area (Å²) in [5, 5.41) is 0. The van der Waals surface area contributed by atoms with Crippen LogP contribution in [0.5, 0.6) is 5.75 Å². The minimum Gasteiger partial charge on any atom is -0.474 e. The fourth-order valence-electron chi connectivity index (χ4n) is 1.97. The normalized spacial score (nSPS) is 23.1. The second-order valence-corrected chi connectivity index (χ2v) is 6.52. The fraction of sp³-hybridized carbons (Fsp3) is 0.455. The molecule has 5 nitrogen and oxygen atoms in total. The lowest BCUT2D eigenvalue weighted by molar-refractivity contribution is 0.374. The van der Waals surface area contributed by atoms with E-state index in [0.717, 1.165) is 24.8 Å². The first-order valence-electron chi connectivity index (χ1n) is 5.51. The van der Waals surface area contributed by atoms with Crippen molar-refractivity contribution in [2.24, 2.45) is 5.73 Å². The summed E-state index contributed by atoms with van der Waals surface area (Å²) in [6, 6.07) is 5.53. The summed E-state index contributed by atoms with van der Waals surface area (Å²) in [4.78, 5) is 0. The molecule has 3 N–H and O–H groups in total. The van der Waals surface area contributed by atoms with Gasteiger partial charge in [-0.25, -0.2) is 8.42 Å². The van der Waals surface area contributed by atoms with Gasteiger partial charge in [0.2, 0.25) is 5.94 Å². The van der Waals surface area contributed by atoms with E-state index in [1.165, 1.54) is 0 Å². The maximum absolute atomic E-state index is 11.4. The molecule has 0 saturated heterocycles. The highest BCUT2D eigenvalue weighted by atomic mass is 32.2. The zero-order valence-corrected chi connectivity index (χ0v) is 10.1. The summed E-state index contributed by atoms with van der Waals surface area (Å²) < 4.78 is 30.4. The predicted molar refractivity (Wildman–Crippen MR) is 64.3 cm³/mol. The molecule has 0 radical (unpaired) electrons. The van der Waals surface area contributed by atoms with Gasteiger partial charge in [0.15, 0.2) is 0 Å². The third-order valence-corrected chi connectivity index (χ3v) is 4.09. The van der Waals surface area contributed by atoms with Gasteiger partial charge in [0.1, 0.15) is 5.75 Å². The molecule has 1 aromatic carbocycles. The molecular weight excluding hydrogens is 240 g/mol. The van der Waals surface area contributed by atoms with Crippen LogP contribution in [0.1, 0.15) is 18.4 Å². The number of hydrogen-bond acceptors (Lipinski definition) is 4. The highest BCUT2D eigenvalue weighted by molar-refractivity contribution is 7.92. The van der Waals surface area contributed by atoms with Crippen LogP contribution in [0.4, 0.5) is 5.69 Å². The van der Waals surface area contributed by atoms with Crippen molar-refractivity contribution in [1.29, 1.82) is 0 Å². The molecule has 3 rings (SSSR count). The topological polar surface area (TPSA) is 81.4 Å². The predicted octanol–water partition coefficient (Wildman–Crippen LogP) is 0.812. The van der Waals surface area contributed by atoms with Gasteiger partial charge in [-0.2, -0.15) is 0 Å². The van der Waals surface area contributed by atoms with E-state index in [4.69, 9.17) is 10.5 Å². The van der Waals surface area contributed by atoms with Crippen LogP contribution in [0.3, 0.4) is 0 Å². The van der Waals surface area contributed by atoms with Crippen molar-refractivity contribution >= 4 is 15.7 Å². The number of hydrogen-bond donors (Lipinski definition) is 2. The van der Waals surface area contributed by atoms with Crippen molar-refractivity contribution in [1.82, 2.24) is 0 Å². The highest BCUT2D eigenvalue weighted by Gasteiger charge is 2.38. The van der Waals surface area contributed by atoms with E-state index >= 15 is 0 Å². The summed E-state index contributed by atoms with van der Waals surface area (Å²) >= 11 is 0. The Kier molecular flexibility index (Phi) is 2.15. The maximum Gasteiger partial charge on any atom is 0.268 e. The molecule has 17 heavy (non-hydrogen) atoms. The molecule has 1 saturated carbocycles. The van der Waals surface area contributed by atoms with Crippen LogP contribution in [-0.2, 0) is 16.4 Å². The Morgan fingerprint density at radius 1 is 1.41 bits per heavy atom. The van der Waals surface area contributed by atoms with Gasteiger partial charge in [-0.1, -0.05) is 6.07 Å². The smallest absolute Gasteiger partial charge is 0.268 e. The maximum atomic E-state index is 11.4. The molecule has 0 amide bonds. The molecule has 1 heterocycles. The number of ether oxygens (including phenoxy) is 1. The van der Waals surface area contributed by atoms with Crippen LogP contribution >= 0.6 is 0 Å². The van der Waals surface area contributed by atoms with Crippen LogP contribution in [0.2, 0.25) is 0 Å². The molecule has 92 valence electrons. The SMILES string of the molecule is NC1(Cc2ccc3c(c2)NS(=O)(=O)CO3)CC1. The van der Waals surface area contributed by atoms with Crippen molar-refractivity contribution in [3.63, 3.8) is 0 Å². The number of benzene rings is 1. The Hall–Kier alpha value is -1.27. The van der Waals surface area contributed by atoms with Gasteiger partial charge < -0.3 is 10.5 Å².